The second-order valence-corrected chi connectivity index (χ2v) is 4.89. The van der Waals surface area contributed by atoms with Crippen LogP contribution in [0.5, 0.6) is 0 Å². The zero-order chi connectivity index (χ0) is 12.5. The molecule has 2 heterocycles. The number of nitrogens with zero attached hydrogens (tertiary/aromatic N) is 3. The molecule has 94 valence electrons. The highest BCUT2D eigenvalue weighted by molar-refractivity contribution is 5.51. The van der Waals surface area contributed by atoms with Gasteiger partial charge in [-0.05, 0) is 29.7 Å². The number of hydrogen-bond donors (Lipinski definition) is 1. The van der Waals surface area contributed by atoms with Crippen molar-refractivity contribution in [2.45, 2.75) is 19.5 Å². The van der Waals surface area contributed by atoms with E-state index in [-0.39, 0.29) is 0 Å². The summed E-state index contributed by atoms with van der Waals surface area (Å²) in [7, 11) is 1.99. The minimum Gasteiger partial charge on any atom is -0.398 e. The molecule has 0 atom stereocenters. The SMILES string of the molecule is Cn1nccc1CN1CCc2c(N)cccc2C1. The Hall–Kier alpha value is -1.81. The number of nitrogens with two attached hydrogens (primary N) is 1. The van der Waals surface area contributed by atoms with Gasteiger partial charge in [0.05, 0.1) is 5.69 Å². The zero-order valence-electron chi connectivity index (χ0n) is 10.6. The van der Waals surface area contributed by atoms with E-state index >= 15 is 0 Å². The second kappa shape index (κ2) is 4.46. The molecule has 0 saturated carbocycles. The molecule has 0 amide bonds. The van der Waals surface area contributed by atoms with Crippen LogP contribution in [0.15, 0.2) is 30.5 Å². The standard InChI is InChI=1S/C14H18N4/c1-17-12(5-7-16-17)10-18-8-6-13-11(9-18)3-2-4-14(13)15/h2-5,7H,6,8-10,15H2,1H3. The molecular formula is C14H18N4. The first-order valence-corrected chi connectivity index (χ1v) is 6.29. The Morgan fingerprint density at radius 2 is 2.22 bits per heavy atom. The van der Waals surface area contributed by atoms with Gasteiger partial charge >= 0.3 is 0 Å². The van der Waals surface area contributed by atoms with E-state index in [2.05, 4.69) is 22.1 Å². The second-order valence-electron chi connectivity index (χ2n) is 4.89. The van der Waals surface area contributed by atoms with E-state index in [9.17, 15) is 0 Å². The quantitative estimate of drug-likeness (QED) is 0.813. The van der Waals surface area contributed by atoms with Gasteiger partial charge in [-0.1, -0.05) is 12.1 Å². The number of fused-ring (bicyclic) bond motifs is 1. The monoisotopic (exact) mass is 242 g/mol. The minimum absolute atomic E-state index is 0.938. The van der Waals surface area contributed by atoms with Crippen LogP contribution in [0.25, 0.3) is 0 Å². The third-order valence-corrected chi connectivity index (χ3v) is 3.69. The Morgan fingerprint density at radius 3 is 3.00 bits per heavy atom. The lowest BCUT2D eigenvalue weighted by atomic mass is 9.98. The van der Waals surface area contributed by atoms with E-state index in [4.69, 9.17) is 5.73 Å². The first-order valence-electron chi connectivity index (χ1n) is 6.29. The number of hydrogen-bond acceptors (Lipinski definition) is 3. The lowest BCUT2D eigenvalue weighted by molar-refractivity contribution is 0.239. The van der Waals surface area contributed by atoms with Gasteiger partial charge in [0.15, 0.2) is 0 Å². The molecule has 0 aliphatic carbocycles. The van der Waals surface area contributed by atoms with Crippen LogP contribution in [0, 0.1) is 0 Å². The molecule has 2 aromatic rings. The molecule has 0 bridgehead atoms. The predicted molar refractivity (Wildman–Crippen MR) is 71.9 cm³/mol. The van der Waals surface area contributed by atoms with Gasteiger partial charge in [-0.3, -0.25) is 9.58 Å². The Balaban J connectivity index is 1.77. The molecule has 0 spiro atoms. The maximum absolute atomic E-state index is 6.01. The fourth-order valence-corrected chi connectivity index (χ4v) is 2.62. The van der Waals surface area contributed by atoms with Crippen LogP contribution in [-0.2, 0) is 26.6 Å². The highest BCUT2D eigenvalue weighted by Crippen LogP contribution is 2.24. The summed E-state index contributed by atoms with van der Waals surface area (Å²) in [6.07, 6.45) is 2.89. The van der Waals surface area contributed by atoms with Crippen LogP contribution in [0.4, 0.5) is 5.69 Å². The number of benzene rings is 1. The van der Waals surface area contributed by atoms with Gasteiger partial charge in [0.1, 0.15) is 0 Å². The normalized spacial score (nSPS) is 15.6. The lowest BCUT2D eigenvalue weighted by Crippen LogP contribution is -2.31. The number of anilines is 1. The maximum atomic E-state index is 6.01. The Labute approximate surface area is 107 Å². The molecule has 18 heavy (non-hydrogen) atoms. The summed E-state index contributed by atoms with van der Waals surface area (Å²) in [6.45, 7) is 2.99. The molecule has 1 aromatic carbocycles. The van der Waals surface area contributed by atoms with Crippen molar-refractivity contribution in [2.75, 3.05) is 12.3 Å². The van der Waals surface area contributed by atoms with Gasteiger partial charge in [0, 0.05) is 38.6 Å². The van der Waals surface area contributed by atoms with E-state index in [1.165, 1.54) is 16.8 Å². The van der Waals surface area contributed by atoms with Crippen LogP contribution >= 0.6 is 0 Å². The zero-order valence-corrected chi connectivity index (χ0v) is 10.6. The summed E-state index contributed by atoms with van der Waals surface area (Å²) in [5.74, 6) is 0. The first kappa shape index (κ1) is 11.3. The van der Waals surface area contributed by atoms with Gasteiger partial charge in [-0.25, -0.2) is 0 Å². The van der Waals surface area contributed by atoms with Crippen molar-refractivity contribution in [3.8, 4) is 0 Å². The molecule has 2 N–H and O–H groups in total. The van der Waals surface area contributed by atoms with E-state index < -0.39 is 0 Å². The largest absolute Gasteiger partial charge is 0.398 e. The minimum atomic E-state index is 0.938. The number of rotatable bonds is 2. The van der Waals surface area contributed by atoms with Crippen molar-refractivity contribution in [3.63, 3.8) is 0 Å². The van der Waals surface area contributed by atoms with Crippen LogP contribution in [0.3, 0.4) is 0 Å². The third kappa shape index (κ3) is 1.99. The molecule has 1 aromatic heterocycles. The molecule has 4 nitrogen and oxygen atoms in total. The Kier molecular flexibility index (Phi) is 2.80. The molecule has 0 unspecified atom stereocenters. The van der Waals surface area contributed by atoms with Crippen LogP contribution in [0.1, 0.15) is 16.8 Å². The maximum Gasteiger partial charge on any atom is 0.0521 e. The molecule has 1 aliphatic heterocycles. The summed E-state index contributed by atoms with van der Waals surface area (Å²) in [5, 5.41) is 4.21. The molecule has 1 aliphatic rings. The highest BCUT2D eigenvalue weighted by Gasteiger charge is 2.18. The molecule has 0 saturated heterocycles. The smallest absolute Gasteiger partial charge is 0.0521 e. The fourth-order valence-electron chi connectivity index (χ4n) is 2.62. The first-order chi connectivity index (χ1) is 8.74. The number of aryl methyl sites for hydroxylation is 1. The van der Waals surface area contributed by atoms with Crippen molar-refractivity contribution >= 4 is 5.69 Å². The molecule has 0 fully saturated rings. The Morgan fingerprint density at radius 1 is 1.33 bits per heavy atom. The third-order valence-electron chi connectivity index (χ3n) is 3.69. The summed E-state index contributed by atoms with van der Waals surface area (Å²) in [4.78, 5) is 2.44. The average Bonchev–Trinajstić information content (AvgIpc) is 2.75. The van der Waals surface area contributed by atoms with Gasteiger partial charge in [-0.2, -0.15) is 5.10 Å². The van der Waals surface area contributed by atoms with Crippen LogP contribution in [-0.4, -0.2) is 21.2 Å². The average molecular weight is 242 g/mol. The molecule has 4 heteroatoms. The molecule has 3 rings (SSSR count). The van der Waals surface area contributed by atoms with E-state index in [0.717, 1.165) is 31.7 Å². The van der Waals surface area contributed by atoms with E-state index in [1.807, 2.05) is 30.1 Å². The van der Waals surface area contributed by atoms with Crippen LogP contribution in [0.2, 0.25) is 0 Å². The molecule has 0 radical (unpaired) electrons. The summed E-state index contributed by atoms with van der Waals surface area (Å²) < 4.78 is 1.94. The highest BCUT2D eigenvalue weighted by atomic mass is 15.3. The van der Waals surface area contributed by atoms with Gasteiger partial charge in [-0.15, -0.1) is 0 Å². The van der Waals surface area contributed by atoms with Crippen LogP contribution < -0.4 is 5.73 Å². The van der Waals surface area contributed by atoms with E-state index in [1.54, 1.807) is 0 Å². The number of aromatic nitrogens is 2. The van der Waals surface area contributed by atoms with Crippen molar-refractivity contribution in [3.05, 3.63) is 47.3 Å². The summed E-state index contributed by atoms with van der Waals surface area (Å²) >= 11 is 0. The van der Waals surface area contributed by atoms with Gasteiger partial charge in [0.25, 0.3) is 0 Å². The number of nitrogen functional groups attached to an aromatic ring is 1. The summed E-state index contributed by atoms with van der Waals surface area (Å²) in [6, 6.07) is 8.30. The van der Waals surface area contributed by atoms with Gasteiger partial charge in [0.2, 0.25) is 0 Å². The fraction of sp³-hybridized carbons (Fsp3) is 0.357. The van der Waals surface area contributed by atoms with Crippen molar-refractivity contribution in [2.24, 2.45) is 7.05 Å². The van der Waals surface area contributed by atoms with Crippen molar-refractivity contribution in [1.82, 2.24) is 14.7 Å². The predicted octanol–water partition coefficient (Wildman–Crippen LogP) is 1.56. The van der Waals surface area contributed by atoms with Crippen molar-refractivity contribution in [1.29, 1.82) is 0 Å². The lowest BCUT2D eigenvalue weighted by Gasteiger charge is -2.29. The molecular weight excluding hydrogens is 224 g/mol. The van der Waals surface area contributed by atoms with Gasteiger partial charge < -0.3 is 5.73 Å². The van der Waals surface area contributed by atoms with E-state index in [0.29, 0.717) is 0 Å². The van der Waals surface area contributed by atoms with Crippen molar-refractivity contribution < 1.29 is 0 Å². The Bertz CT molecular complexity index is 559. The topological polar surface area (TPSA) is 47.1 Å². The summed E-state index contributed by atoms with van der Waals surface area (Å²) in [5.41, 5.74) is 10.9.